The first-order valence-electron chi connectivity index (χ1n) is 8.63. The molecule has 0 amide bonds. The third-order valence-electron chi connectivity index (χ3n) is 4.65. The Balaban J connectivity index is 2.64. The molecule has 1 aromatic carbocycles. The third-order valence-corrected chi connectivity index (χ3v) is 11.8. The van der Waals surface area contributed by atoms with Crippen LogP contribution < -0.4 is 10.4 Å². The van der Waals surface area contributed by atoms with Crippen LogP contribution in [-0.4, -0.2) is 41.1 Å². The van der Waals surface area contributed by atoms with Crippen LogP contribution in [0.25, 0.3) is 0 Å². The summed E-state index contributed by atoms with van der Waals surface area (Å²) in [7, 11) is -2.60. The fraction of sp³-hybridized carbons (Fsp3) is 0.667. The zero-order valence-electron chi connectivity index (χ0n) is 15.1. The molecular formula is C18H34O2Si2. The van der Waals surface area contributed by atoms with Gasteiger partial charge in [0.2, 0.25) is 0 Å². The van der Waals surface area contributed by atoms with E-state index in [1.807, 2.05) is 0 Å². The molecule has 1 aromatic rings. The maximum absolute atomic E-state index is 8.72. The van der Waals surface area contributed by atoms with E-state index in [0.717, 1.165) is 13.0 Å². The molecule has 0 aliphatic carbocycles. The predicted molar refractivity (Wildman–Crippen MR) is 103 cm³/mol. The summed E-state index contributed by atoms with van der Waals surface area (Å²) in [6, 6.07) is 12.2. The molecule has 0 heterocycles. The van der Waals surface area contributed by atoms with E-state index in [1.165, 1.54) is 18.5 Å². The number of aliphatic hydroxyl groups is 1. The molecular weight excluding hydrogens is 304 g/mol. The van der Waals surface area contributed by atoms with Crippen LogP contribution in [0.3, 0.4) is 0 Å². The predicted octanol–water partition coefficient (Wildman–Crippen LogP) is 3.33. The summed E-state index contributed by atoms with van der Waals surface area (Å²) >= 11 is 0. The molecule has 0 aliphatic rings. The van der Waals surface area contributed by atoms with E-state index in [1.54, 1.807) is 10.4 Å². The summed E-state index contributed by atoms with van der Waals surface area (Å²) in [5, 5.41) is 11.9. The van der Waals surface area contributed by atoms with Gasteiger partial charge in [0.05, 0.1) is 29.4 Å². The van der Waals surface area contributed by atoms with Crippen LogP contribution in [0.1, 0.15) is 19.8 Å². The Morgan fingerprint density at radius 3 is 1.82 bits per heavy atom. The fourth-order valence-corrected chi connectivity index (χ4v) is 8.06. The molecule has 0 aliphatic heterocycles. The lowest BCUT2D eigenvalue weighted by Gasteiger charge is -2.26. The zero-order chi connectivity index (χ0) is 16.6. The van der Waals surface area contributed by atoms with E-state index >= 15 is 0 Å². The van der Waals surface area contributed by atoms with Crippen molar-refractivity contribution in [2.24, 2.45) is 0 Å². The minimum atomic E-state index is -1.37. The third kappa shape index (κ3) is 5.99. The lowest BCUT2D eigenvalue weighted by atomic mass is 10.4. The molecule has 1 rings (SSSR count). The van der Waals surface area contributed by atoms with Gasteiger partial charge in [0.15, 0.2) is 0 Å². The Morgan fingerprint density at radius 1 is 0.864 bits per heavy atom. The number of ether oxygens (including phenoxy) is 1. The van der Waals surface area contributed by atoms with Crippen LogP contribution in [0, 0.1) is 0 Å². The van der Waals surface area contributed by atoms with Crippen molar-refractivity contribution in [3.05, 3.63) is 24.3 Å². The van der Waals surface area contributed by atoms with Crippen LogP contribution in [0.2, 0.25) is 38.3 Å². The molecule has 4 heteroatoms. The second-order valence-corrected chi connectivity index (χ2v) is 17.2. The zero-order valence-corrected chi connectivity index (χ0v) is 17.1. The summed E-state index contributed by atoms with van der Waals surface area (Å²) < 4.78 is 5.38. The van der Waals surface area contributed by atoms with E-state index in [9.17, 15) is 0 Å². The van der Waals surface area contributed by atoms with Gasteiger partial charge >= 0.3 is 0 Å². The van der Waals surface area contributed by atoms with Crippen LogP contribution in [-0.2, 0) is 4.74 Å². The van der Waals surface area contributed by atoms with Crippen molar-refractivity contribution in [2.75, 3.05) is 19.8 Å². The molecule has 2 nitrogen and oxygen atoms in total. The second kappa shape index (κ2) is 9.01. The molecule has 22 heavy (non-hydrogen) atoms. The molecule has 0 fully saturated rings. The number of aliphatic hydroxyl groups excluding tert-OH is 1. The van der Waals surface area contributed by atoms with Gasteiger partial charge in [-0.05, 0) is 6.42 Å². The largest absolute Gasteiger partial charge is 0.394 e. The normalized spacial score (nSPS) is 12.6. The van der Waals surface area contributed by atoms with Gasteiger partial charge in [-0.3, -0.25) is 0 Å². The lowest BCUT2D eigenvalue weighted by molar-refractivity contribution is 0.0927. The van der Waals surface area contributed by atoms with E-state index in [-0.39, 0.29) is 6.61 Å². The monoisotopic (exact) mass is 338 g/mol. The Bertz CT molecular complexity index is 427. The highest BCUT2D eigenvalue weighted by atomic mass is 28.3. The molecule has 0 saturated heterocycles. The van der Waals surface area contributed by atoms with Crippen molar-refractivity contribution in [3.63, 3.8) is 0 Å². The molecule has 0 saturated carbocycles. The first-order chi connectivity index (χ1) is 10.3. The summed E-state index contributed by atoms with van der Waals surface area (Å²) in [6.45, 7) is 13.5. The fourth-order valence-electron chi connectivity index (χ4n) is 3.07. The van der Waals surface area contributed by atoms with Crippen molar-refractivity contribution >= 4 is 26.5 Å². The quantitative estimate of drug-likeness (QED) is 0.524. The topological polar surface area (TPSA) is 29.5 Å². The van der Waals surface area contributed by atoms with Gasteiger partial charge in [0.1, 0.15) is 0 Å². The van der Waals surface area contributed by atoms with E-state index in [0.29, 0.717) is 6.61 Å². The Kier molecular flexibility index (Phi) is 8.04. The van der Waals surface area contributed by atoms with Crippen molar-refractivity contribution in [2.45, 2.75) is 58.0 Å². The Labute approximate surface area is 138 Å². The Hall–Kier alpha value is -0.426. The molecule has 0 radical (unpaired) electrons. The number of rotatable bonds is 10. The minimum absolute atomic E-state index is 0.125. The molecule has 126 valence electrons. The van der Waals surface area contributed by atoms with Crippen LogP contribution in [0.4, 0.5) is 0 Å². The molecule has 0 spiro atoms. The highest BCUT2D eigenvalue weighted by Crippen LogP contribution is 2.15. The smallest absolute Gasteiger partial charge is 0.0807 e. The van der Waals surface area contributed by atoms with E-state index in [2.05, 4.69) is 57.4 Å². The van der Waals surface area contributed by atoms with Gasteiger partial charge in [-0.2, -0.15) is 0 Å². The molecule has 0 bridgehead atoms. The van der Waals surface area contributed by atoms with Gasteiger partial charge in [-0.15, -0.1) is 0 Å². The van der Waals surface area contributed by atoms with Crippen molar-refractivity contribution in [3.8, 4) is 0 Å². The van der Waals surface area contributed by atoms with Crippen molar-refractivity contribution in [1.82, 2.24) is 0 Å². The second-order valence-electron chi connectivity index (χ2n) is 7.53. The van der Waals surface area contributed by atoms with Gasteiger partial charge in [-0.1, -0.05) is 86.3 Å². The van der Waals surface area contributed by atoms with E-state index < -0.39 is 16.1 Å². The Morgan fingerprint density at radius 2 is 1.36 bits per heavy atom. The van der Waals surface area contributed by atoms with Crippen LogP contribution >= 0.6 is 0 Å². The average Bonchev–Trinajstić information content (AvgIpc) is 2.47. The minimum Gasteiger partial charge on any atom is -0.394 e. The molecule has 0 aromatic heterocycles. The molecule has 1 N–H and O–H groups in total. The lowest BCUT2D eigenvalue weighted by Crippen LogP contribution is -2.45. The average molecular weight is 339 g/mol. The SMILES string of the molecule is CCC[Si](C)(C)c1ccc([Si](C)(C)CCCOCCO)cc1. The van der Waals surface area contributed by atoms with Gasteiger partial charge in [0, 0.05) is 6.61 Å². The standard InChI is InChI=1S/C18H34O2Si2/c1-6-15-21(2,3)17-8-10-18(11-9-17)22(4,5)16-7-13-20-14-12-19/h8-11,19H,6-7,12-16H2,1-5H3. The van der Waals surface area contributed by atoms with Crippen LogP contribution in [0.5, 0.6) is 0 Å². The summed E-state index contributed by atoms with van der Waals surface area (Å²) in [5.41, 5.74) is 0. The maximum Gasteiger partial charge on any atom is 0.0807 e. The van der Waals surface area contributed by atoms with E-state index in [4.69, 9.17) is 9.84 Å². The number of hydrogen-bond acceptors (Lipinski definition) is 2. The molecule has 0 atom stereocenters. The summed E-state index contributed by atoms with van der Waals surface area (Å²) in [5.74, 6) is 0. The maximum atomic E-state index is 8.72. The van der Waals surface area contributed by atoms with Gasteiger partial charge in [0.25, 0.3) is 0 Å². The number of hydrogen-bond donors (Lipinski definition) is 1. The highest BCUT2D eigenvalue weighted by molar-refractivity contribution is 6.91. The van der Waals surface area contributed by atoms with Gasteiger partial charge < -0.3 is 9.84 Å². The first-order valence-corrected chi connectivity index (χ1v) is 15.0. The highest BCUT2D eigenvalue weighted by Gasteiger charge is 2.25. The van der Waals surface area contributed by atoms with Crippen molar-refractivity contribution in [1.29, 1.82) is 0 Å². The molecule has 0 unspecified atom stereocenters. The van der Waals surface area contributed by atoms with Crippen molar-refractivity contribution < 1.29 is 9.84 Å². The first kappa shape index (κ1) is 19.6. The van der Waals surface area contributed by atoms with Gasteiger partial charge in [-0.25, -0.2) is 0 Å². The summed E-state index contributed by atoms with van der Waals surface area (Å²) in [4.78, 5) is 0. The summed E-state index contributed by atoms with van der Waals surface area (Å²) in [6.07, 6.45) is 2.38. The number of benzene rings is 1. The van der Waals surface area contributed by atoms with Crippen LogP contribution in [0.15, 0.2) is 24.3 Å².